The summed E-state index contributed by atoms with van der Waals surface area (Å²) in [7, 11) is 0. The number of nitrogens with zero attached hydrogens (tertiary/aromatic N) is 4. The second-order valence-corrected chi connectivity index (χ2v) is 6.31. The van der Waals surface area contributed by atoms with Gasteiger partial charge in [0.1, 0.15) is 0 Å². The van der Waals surface area contributed by atoms with Gasteiger partial charge in [0.05, 0.1) is 0 Å². The first-order valence-electron chi connectivity index (χ1n) is 8.32. The van der Waals surface area contributed by atoms with Crippen LogP contribution in [0.5, 0.6) is 0 Å². The maximum Gasteiger partial charge on any atom is 0.347 e. The van der Waals surface area contributed by atoms with Crippen molar-refractivity contribution in [3.05, 3.63) is 22.9 Å². The van der Waals surface area contributed by atoms with Crippen LogP contribution < -0.4 is 15.9 Å². The van der Waals surface area contributed by atoms with Crippen molar-refractivity contribution in [1.29, 1.82) is 0 Å². The predicted molar refractivity (Wildman–Crippen MR) is 85.8 cm³/mol. The number of ether oxygens (including phenoxy) is 1. The molecule has 0 aliphatic carbocycles. The average Bonchev–Trinajstić information content (AvgIpc) is 2.98. The van der Waals surface area contributed by atoms with Gasteiger partial charge in [-0.15, -0.1) is 5.10 Å². The molecule has 0 bridgehead atoms. The Labute approximate surface area is 133 Å². The molecule has 2 aromatic rings. The number of hydrogen-bond donors (Lipinski definition) is 2. The van der Waals surface area contributed by atoms with Crippen molar-refractivity contribution in [3.63, 3.8) is 0 Å². The zero-order chi connectivity index (χ0) is 15.6. The molecule has 2 N–H and O–H groups in total. The summed E-state index contributed by atoms with van der Waals surface area (Å²) in [6.07, 6.45) is 7.75. The van der Waals surface area contributed by atoms with Crippen LogP contribution in [0, 0.1) is 0 Å². The topological polar surface area (TPSA) is 87.5 Å². The van der Waals surface area contributed by atoms with Crippen molar-refractivity contribution < 1.29 is 4.74 Å². The third kappa shape index (κ3) is 2.96. The summed E-state index contributed by atoms with van der Waals surface area (Å²) in [5.74, 6) is 0.782. The van der Waals surface area contributed by atoms with Gasteiger partial charge in [-0.2, -0.15) is 0 Å². The zero-order valence-electron chi connectivity index (χ0n) is 13.1. The number of H-pyrrole nitrogens is 1. The van der Waals surface area contributed by atoms with E-state index >= 15 is 0 Å². The van der Waals surface area contributed by atoms with Gasteiger partial charge in [-0.1, -0.05) is 0 Å². The van der Waals surface area contributed by atoms with E-state index in [9.17, 15) is 4.79 Å². The van der Waals surface area contributed by atoms with Crippen molar-refractivity contribution in [1.82, 2.24) is 24.9 Å². The Kier molecular flexibility index (Phi) is 4.00. The third-order valence-electron chi connectivity index (χ3n) is 4.73. The number of anilines is 1. The minimum atomic E-state index is -0.224. The molecule has 0 amide bonds. The molecule has 2 fully saturated rings. The molecule has 0 aromatic carbocycles. The van der Waals surface area contributed by atoms with Gasteiger partial charge in [-0.05, 0) is 25.7 Å². The van der Waals surface area contributed by atoms with Gasteiger partial charge in [-0.25, -0.2) is 19.3 Å². The van der Waals surface area contributed by atoms with E-state index in [1.165, 1.54) is 10.8 Å². The minimum absolute atomic E-state index is 0.224. The smallest absolute Gasteiger partial charge is 0.347 e. The van der Waals surface area contributed by atoms with Crippen molar-refractivity contribution >= 4 is 11.5 Å². The van der Waals surface area contributed by atoms with Crippen LogP contribution in [0.1, 0.15) is 25.7 Å². The largest absolute Gasteiger partial charge is 0.381 e. The highest BCUT2D eigenvalue weighted by molar-refractivity contribution is 5.63. The highest BCUT2D eigenvalue weighted by Gasteiger charge is 2.25. The number of aromatic nitrogens is 4. The molecule has 0 saturated carbocycles. The first-order valence-corrected chi connectivity index (χ1v) is 8.32. The average molecular weight is 318 g/mol. The van der Waals surface area contributed by atoms with Gasteiger partial charge in [0.2, 0.25) is 5.65 Å². The van der Waals surface area contributed by atoms with Crippen LogP contribution in [0.3, 0.4) is 0 Å². The van der Waals surface area contributed by atoms with E-state index < -0.39 is 0 Å². The number of nitrogens with one attached hydrogen (secondary N) is 2. The van der Waals surface area contributed by atoms with E-state index in [0.29, 0.717) is 17.7 Å². The molecular weight excluding hydrogens is 296 g/mol. The van der Waals surface area contributed by atoms with Gasteiger partial charge >= 0.3 is 5.69 Å². The standard InChI is InChI=1S/C15H22N6O2/c22-15-19-18-14-13(16-5-7-21(14)15)20-6-1-2-12(10-20)17-11-3-8-23-9-4-11/h5,7,11-12,17H,1-4,6,8-10H2,(H,19,22)/t12-/m1/s1. The maximum absolute atomic E-state index is 11.7. The molecule has 1 atom stereocenters. The molecule has 8 nitrogen and oxygen atoms in total. The molecule has 0 spiro atoms. The molecule has 2 saturated heterocycles. The van der Waals surface area contributed by atoms with Gasteiger partial charge in [0.15, 0.2) is 5.82 Å². The van der Waals surface area contributed by atoms with E-state index in [1.807, 2.05) is 0 Å². The van der Waals surface area contributed by atoms with Crippen LogP contribution in [0.15, 0.2) is 17.2 Å². The Morgan fingerprint density at radius 1 is 1.26 bits per heavy atom. The molecule has 2 aliphatic rings. The van der Waals surface area contributed by atoms with Crippen molar-refractivity contribution in [2.24, 2.45) is 0 Å². The summed E-state index contributed by atoms with van der Waals surface area (Å²) < 4.78 is 6.94. The molecule has 2 aliphatic heterocycles. The molecule has 4 heterocycles. The lowest BCUT2D eigenvalue weighted by atomic mass is 10.0. The number of rotatable bonds is 3. The van der Waals surface area contributed by atoms with E-state index in [-0.39, 0.29) is 5.69 Å². The van der Waals surface area contributed by atoms with Crippen molar-refractivity contribution in [2.45, 2.75) is 37.8 Å². The summed E-state index contributed by atoms with van der Waals surface area (Å²) >= 11 is 0. The molecule has 0 unspecified atom stereocenters. The lowest BCUT2D eigenvalue weighted by Gasteiger charge is -2.36. The van der Waals surface area contributed by atoms with Crippen LogP contribution in [-0.4, -0.2) is 58.0 Å². The Balaban J connectivity index is 1.51. The Morgan fingerprint density at radius 3 is 3.00 bits per heavy atom. The predicted octanol–water partition coefficient (Wildman–Crippen LogP) is 0.155. The zero-order valence-corrected chi connectivity index (χ0v) is 13.1. The van der Waals surface area contributed by atoms with Gasteiger partial charge in [-0.3, -0.25) is 0 Å². The Morgan fingerprint density at radius 2 is 2.13 bits per heavy atom. The quantitative estimate of drug-likeness (QED) is 0.838. The number of aromatic amines is 1. The van der Waals surface area contributed by atoms with Gasteiger partial charge in [0, 0.05) is 50.8 Å². The summed E-state index contributed by atoms with van der Waals surface area (Å²) in [5.41, 5.74) is 0.377. The van der Waals surface area contributed by atoms with E-state index in [1.54, 1.807) is 12.4 Å². The first-order chi connectivity index (χ1) is 11.3. The fourth-order valence-corrected chi connectivity index (χ4v) is 3.56. The second kappa shape index (κ2) is 6.29. The van der Waals surface area contributed by atoms with Crippen LogP contribution in [0.4, 0.5) is 5.82 Å². The van der Waals surface area contributed by atoms with Crippen LogP contribution in [-0.2, 0) is 4.74 Å². The number of piperidine rings is 1. The monoisotopic (exact) mass is 318 g/mol. The summed E-state index contributed by atoms with van der Waals surface area (Å²) in [5, 5.41) is 10.4. The molecule has 4 rings (SSSR count). The van der Waals surface area contributed by atoms with Crippen LogP contribution >= 0.6 is 0 Å². The molecule has 124 valence electrons. The van der Waals surface area contributed by atoms with Crippen molar-refractivity contribution in [3.8, 4) is 0 Å². The molecule has 8 heteroatoms. The Bertz CT molecular complexity index is 720. The van der Waals surface area contributed by atoms with Crippen LogP contribution in [0.25, 0.3) is 5.65 Å². The second-order valence-electron chi connectivity index (χ2n) is 6.31. The van der Waals surface area contributed by atoms with E-state index in [4.69, 9.17) is 4.74 Å². The fourth-order valence-electron chi connectivity index (χ4n) is 3.56. The van der Waals surface area contributed by atoms with Gasteiger partial charge in [0.25, 0.3) is 0 Å². The minimum Gasteiger partial charge on any atom is -0.381 e. The highest BCUT2D eigenvalue weighted by Crippen LogP contribution is 2.21. The lowest BCUT2D eigenvalue weighted by Crippen LogP contribution is -2.50. The number of hydrogen-bond acceptors (Lipinski definition) is 6. The summed E-state index contributed by atoms with van der Waals surface area (Å²) in [4.78, 5) is 18.4. The first kappa shape index (κ1) is 14.6. The lowest BCUT2D eigenvalue weighted by molar-refractivity contribution is 0.0742. The molecule has 23 heavy (non-hydrogen) atoms. The molecule has 0 radical (unpaired) electrons. The third-order valence-corrected chi connectivity index (χ3v) is 4.73. The van der Waals surface area contributed by atoms with Gasteiger partial charge < -0.3 is 15.0 Å². The Hall–Kier alpha value is -1.93. The molecular formula is C15H22N6O2. The normalized spacial score (nSPS) is 23.5. The van der Waals surface area contributed by atoms with Crippen LogP contribution in [0.2, 0.25) is 0 Å². The van der Waals surface area contributed by atoms with Crippen molar-refractivity contribution in [2.75, 3.05) is 31.2 Å². The SMILES string of the molecule is O=c1[nH]nc2c(N3CCC[C@@H](NC4CCOCC4)C3)nccn12. The molecule has 2 aromatic heterocycles. The summed E-state index contributed by atoms with van der Waals surface area (Å²) in [6, 6.07) is 0.991. The maximum atomic E-state index is 11.7. The van der Waals surface area contributed by atoms with E-state index in [2.05, 4.69) is 25.4 Å². The fraction of sp³-hybridized carbons (Fsp3) is 0.667. The highest BCUT2D eigenvalue weighted by atomic mass is 16.5. The number of fused-ring (bicyclic) bond motifs is 1. The van der Waals surface area contributed by atoms with E-state index in [0.717, 1.165) is 51.4 Å². The summed E-state index contributed by atoms with van der Waals surface area (Å²) in [6.45, 7) is 3.54.